The predicted molar refractivity (Wildman–Crippen MR) is 91.5 cm³/mol. The van der Waals surface area contributed by atoms with E-state index in [9.17, 15) is 9.90 Å². The number of likely N-dealkylation sites (tertiary alicyclic amines) is 2. The van der Waals surface area contributed by atoms with Crippen LogP contribution in [0.25, 0.3) is 0 Å². The van der Waals surface area contributed by atoms with Gasteiger partial charge in [-0.25, -0.2) is 0 Å². The van der Waals surface area contributed by atoms with Crippen molar-refractivity contribution in [2.75, 3.05) is 53.2 Å². The molecular weight excluding hydrogens is 340 g/mol. The highest BCUT2D eigenvalue weighted by atomic mass is 16.7. The van der Waals surface area contributed by atoms with Gasteiger partial charge in [0.2, 0.25) is 6.79 Å². The van der Waals surface area contributed by atoms with Gasteiger partial charge in [-0.15, -0.1) is 0 Å². The van der Waals surface area contributed by atoms with Crippen LogP contribution in [0.3, 0.4) is 0 Å². The Bertz CT molecular complexity index is 711. The van der Waals surface area contributed by atoms with Crippen molar-refractivity contribution < 1.29 is 29.2 Å². The Morgan fingerprint density at radius 2 is 1.96 bits per heavy atom. The minimum absolute atomic E-state index is 0.0561. The predicted octanol–water partition coefficient (Wildman–Crippen LogP) is 0.235. The molecule has 2 N–H and O–H groups in total. The number of rotatable bonds is 6. The van der Waals surface area contributed by atoms with Gasteiger partial charge in [0, 0.05) is 56.8 Å². The van der Waals surface area contributed by atoms with Crippen molar-refractivity contribution in [3.8, 4) is 17.2 Å². The highest BCUT2D eigenvalue weighted by Crippen LogP contribution is 2.44. The molecule has 0 radical (unpaired) electrons. The van der Waals surface area contributed by atoms with Crippen LogP contribution in [0, 0.1) is 11.3 Å². The van der Waals surface area contributed by atoms with Gasteiger partial charge in [0.1, 0.15) is 5.75 Å². The summed E-state index contributed by atoms with van der Waals surface area (Å²) in [6.07, 6.45) is 0. The van der Waals surface area contributed by atoms with Crippen LogP contribution < -0.4 is 14.2 Å². The number of carboxylic acids is 1. The van der Waals surface area contributed by atoms with Crippen molar-refractivity contribution in [3.05, 3.63) is 17.7 Å². The summed E-state index contributed by atoms with van der Waals surface area (Å²) < 4.78 is 16.3. The van der Waals surface area contributed by atoms with E-state index in [0.29, 0.717) is 50.8 Å². The summed E-state index contributed by atoms with van der Waals surface area (Å²) in [6, 6.07) is 3.74. The summed E-state index contributed by atoms with van der Waals surface area (Å²) in [5.74, 6) is 1.40. The van der Waals surface area contributed by atoms with Crippen LogP contribution in [0.4, 0.5) is 0 Å². The Labute approximate surface area is 151 Å². The van der Waals surface area contributed by atoms with E-state index in [-0.39, 0.29) is 19.3 Å². The molecule has 0 aliphatic carbocycles. The Hall–Kier alpha value is -2.03. The first kappa shape index (κ1) is 17.4. The Morgan fingerprint density at radius 1 is 1.27 bits per heavy atom. The molecule has 2 atom stereocenters. The number of nitrogens with zero attached hydrogens (tertiary/aromatic N) is 2. The lowest BCUT2D eigenvalue weighted by Crippen LogP contribution is -2.41. The van der Waals surface area contributed by atoms with Gasteiger partial charge in [-0.3, -0.25) is 14.6 Å². The molecule has 1 aromatic rings. The maximum absolute atomic E-state index is 12.1. The molecule has 0 bridgehead atoms. The number of aliphatic hydroxyl groups is 1. The monoisotopic (exact) mass is 364 g/mol. The zero-order valence-electron chi connectivity index (χ0n) is 14.8. The molecule has 2 saturated heterocycles. The molecule has 8 heteroatoms. The van der Waals surface area contributed by atoms with Gasteiger partial charge in [0.05, 0.1) is 19.1 Å². The summed E-state index contributed by atoms with van der Waals surface area (Å²) >= 11 is 0. The minimum Gasteiger partial charge on any atom is -0.496 e. The summed E-state index contributed by atoms with van der Waals surface area (Å²) in [4.78, 5) is 16.3. The third-order valence-corrected chi connectivity index (χ3v) is 5.76. The quantitative estimate of drug-likeness (QED) is 0.742. The van der Waals surface area contributed by atoms with Gasteiger partial charge in [-0.2, -0.15) is 0 Å². The van der Waals surface area contributed by atoms with Crippen molar-refractivity contribution in [1.29, 1.82) is 0 Å². The molecule has 4 rings (SSSR count). The van der Waals surface area contributed by atoms with Gasteiger partial charge in [0.15, 0.2) is 11.5 Å². The standard InChI is InChI=1S/C18H24N2O6/c1-24-14-5-16-15(25-11-26-16)4-12(14)6-20-8-13-7-19(2-3-21)9-18(13,10-20)17(22)23/h4-5,13,21H,2-3,6-11H2,1H3,(H,22,23)/t13-,18-/m1/s1. The highest BCUT2D eigenvalue weighted by Gasteiger charge is 2.57. The second-order valence-corrected chi connectivity index (χ2v) is 7.30. The number of aliphatic hydroxyl groups excluding tert-OH is 1. The van der Waals surface area contributed by atoms with Crippen molar-refractivity contribution in [2.24, 2.45) is 11.3 Å². The molecule has 0 unspecified atom stereocenters. The third kappa shape index (κ3) is 2.78. The van der Waals surface area contributed by atoms with E-state index < -0.39 is 11.4 Å². The molecule has 0 aromatic heterocycles. The van der Waals surface area contributed by atoms with E-state index in [4.69, 9.17) is 19.3 Å². The third-order valence-electron chi connectivity index (χ3n) is 5.76. The number of carboxylic acid groups (broad SMARTS) is 1. The lowest BCUT2D eigenvalue weighted by Gasteiger charge is -2.25. The summed E-state index contributed by atoms with van der Waals surface area (Å²) in [6.45, 7) is 3.80. The SMILES string of the molecule is COc1cc2c(cc1CN1C[C@H]3CN(CCO)C[C@@]3(C(=O)O)C1)OCO2. The zero-order chi connectivity index (χ0) is 18.3. The number of methoxy groups -OCH3 is 1. The largest absolute Gasteiger partial charge is 0.496 e. The number of carbonyl (C=O) groups is 1. The van der Waals surface area contributed by atoms with Crippen LogP contribution in [0.1, 0.15) is 5.56 Å². The van der Waals surface area contributed by atoms with Crippen LogP contribution >= 0.6 is 0 Å². The van der Waals surface area contributed by atoms with E-state index in [0.717, 1.165) is 11.3 Å². The fourth-order valence-electron chi connectivity index (χ4n) is 4.53. The van der Waals surface area contributed by atoms with Crippen LogP contribution in [0.5, 0.6) is 17.2 Å². The molecule has 1 aromatic carbocycles. The Balaban J connectivity index is 1.52. The van der Waals surface area contributed by atoms with Crippen LogP contribution in [0.15, 0.2) is 12.1 Å². The van der Waals surface area contributed by atoms with Crippen molar-refractivity contribution in [1.82, 2.24) is 9.80 Å². The maximum atomic E-state index is 12.1. The van der Waals surface area contributed by atoms with E-state index in [1.165, 1.54) is 0 Å². The molecule has 0 saturated carbocycles. The molecule has 8 nitrogen and oxygen atoms in total. The lowest BCUT2D eigenvalue weighted by atomic mass is 9.81. The molecule has 0 amide bonds. The van der Waals surface area contributed by atoms with Gasteiger partial charge < -0.3 is 24.4 Å². The summed E-state index contributed by atoms with van der Waals surface area (Å²) in [5, 5.41) is 19.1. The molecule has 3 heterocycles. The maximum Gasteiger partial charge on any atom is 0.312 e. The van der Waals surface area contributed by atoms with Crippen molar-refractivity contribution in [2.45, 2.75) is 6.54 Å². The first-order chi connectivity index (χ1) is 12.6. The number of fused-ring (bicyclic) bond motifs is 2. The van der Waals surface area contributed by atoms with E-state index >= 15 is 0 Å². The number of ether oxygens (including phenoxy) is 3. The van der Waals surface area contributed by atoms with Gasteiger partial charge in [-0.05, 0) is 6.07 Å². The van der Waals surface area contributed by atoms with E-state index in [2.05, 4.69) is 9.80 Å². The topological polar surface area (TPSA) is 91.7 Å². The van der Waals surface area contributed by atoms with Crippen molar-refractivity contribution >= 4 is 5.97 Å². The molecule has 142 valence electrons. The molecule has 2 fully saturated rings. The zero-order valence-corrected chi connectivity index (χ0v) is 14.8. The first-order valence-corrected chi connectivity index (χ1v) is 8.81. The summed E-state index contributed by atoms with van der Waals surface area (Å²) in [7, 11) is 1.62. The summed E-state index contributed by atoms with van der Waals surface area (Å²) in [5.41, 5.74) is 0.197. The smallest absolute Gasteiger partial charge is 0.312 e. The van der Waals surface area contributed by atoms with Crippen LogP contribution in [-0.2, 0) is 11.3 Å². The van der Waals surface area contributed by atoms with Crippen LogP contribution in [0.2, 0.25) is 0 Å². The molecule has 3 aliphatic rings. The molecule has 3 aliphatic heterocycles. The normalized spacial score (nSPS) is 27.7. The molecule has 26 heavy (non-hydrogen) atoms. The molecule has 0 spiro atoms. The second kappa shape index (κ2) is 6.61. The average Bonchev–Trinajstić information content (AvgIpc) is 3.26. The van der Waals surface area contributed by atoms with E-state index in [1.54, 1.807) is 7.11 Å². The van der Waals surface area contributed by atoms with Crippen molar-refractivity contribution in [3.63, 3.8) is 0 Å². The number of hydrogen-bond acceptors (Lipinski definition) is 7. The lowest BCUT2D eigenvalue weighted by molar-refractivity contribution is -0.149. The Kier molecular flexibility index (Phi) is 4.42. The second-order valence-electron chi connectivity index (χ2n) is 7.30. The number of aliphatic carboxylic acids is 1. The van der Waals surface area contributed by atoms with Gasteiger partial charge in [-0.1, -0.05) is 0 Å². The highest BCUT2D eigenvalue weighted by molar-refractivity contribution is 5.77. The number of hydrogen-bond donors (Lipinski definition) is 2. The minimum atomic E-state index is -0.765. The average molecular weight is 364 g/mol. The molecular formula is C18H24N2O6. The first-order valence-electron chi connectivity index (χ1n) is 8.81. The Morgan fingerprint density at radius 3 is 2.62 bits per heavy atom. The van der Waals surface area contributed by atoms with E-state index in [1.807, 2.05) is 12.1 Å². The van der Waals surface area contributed by atoms with Gasteiger partial charge >= 0.3 is 5.97 Å². The van der Waals surface area contributed by atoms with Gasteiger partial charge in [0.25, 0.3) is 0 Å². The fourth-order valence-corrected chi connectivity index (χ4v) is 4.53. The fraction of sp³-hybridized carbons (Fsp3) is 0.611. The number of β-amino-alcohol motifs (C(OH)–C–C–N with tert-alkyl or cyclic N) is 1. The van der Waals surface area contributed by atoms with Crippen LogP contribution in [-0.4, -0.2) is 79.2 Å². The number of benzene rings is 1.